The summed E-state index contributed by atoms with van der Waals surface area (Å²) in [6, 6.07) is 11.6. The van der Waals surface area contributed by atoms with Crippen molar-refractivity contribution in [2.24, 2.45) is 0 Å². The molecule has 0 saturated carbocycles. The lowest BCUT2D eigenvalue weighted by Crippen LogP contribution is -2.33. The van der Waals surface area contributed by atoms with Crippen LogP contribution in [0.25, 0.3) is 16.6 Å². The maximum absolute atomic E-state index is 14.3. The zero-order valence-electron chi connectivity index (χ0n) is 22.8. The molecule has 4 aromatic rings. The van der Waals surface area contributed by atoms with Gasteiger partial charge in [-0.3, -0.25) is 14.7 Å². The van der Waals surface area contributed by atoms with Gasteiger partial charge in [-0.25, -0.2) is 4.39 Å². The second-order valence-corrected chi connectivity index (χ2v) is 10.8. The molecule has 0 bridgehead atoms. The number of rotatable bonds is 6. The number of fused-ring (bicyclic) bond motifs is 1. The van der Waals surface area contributed by atoms with Crippen LogP contribution in [0.15, 0.2) is 67.1 Å². The zero-order valence-corrected chi connectivity index (χ0v) is 22.8. The fourth-order valence-electron chi connectivity index (χ4n) is 5.40. The minimum Gasteiger partial charge on any atom is -0.339 e. The number of nitrogens with zero attached hydrogens (tertiary/aromatic N) is 4. The maximum Gasteiger partial charge on any atom is 0.416 e. The highest BCUT2D eigenvalue weighted by molar-refractivity contribution is 5.99. The van der Waals surface area contributed by atoms with Gasteiger partial charge in [0.25, 0.3) is 5.91 Å². The van der Waals surface area contributed by atoms with Crippen LogP contribution in [-0.4, -0.2) is 51.4 Å². The molecule has 9 heteroatoms. The van der Waals surface area contributed by atoms with Crippen LogP contribution in [0.3, 0.4) is 0 Å². The third-order valence-corrected chi connectivity index (χ3v) is 7.90. The monoisotopic (exact) mass is 552 g/mol. The number of halogens is 4. The van der Waals surface area contributed by atoms with Crippen molar-refractivity contribution in [1.82, 2.24) is 19.4 Å². The van der Waals surface area contributed by atoms with Crippen molar-refractivity contribution in [1.29, 1.82) is 0 Å². The molecular weight excluding hydrogens is 520 g/mol. The number of aromatic nitrogens is 2. The number of pyridine rings is 1. The number of amides is 1. The Morgan fingerprint density at radius 2 is 1.77 bits per heavy atom. The Morgan fingerprint density at radius 1 is 1.07 bits per heavy atom. The number of hydrogen-bond acceptors (Lipinski definition) is 3. The molecule has 1 aliphatic rings. The predicted molar refractivity (Wildman–Crippen MR) is 147 cm³/mol. The number of hydrogen-bond donors (Lipinski definition) is 0. The van der Waals surface area contributed by atoms with Gasteiger partial charge in [0.15, 0.2) is 0 Å². The maximum atomic E-state index is 14.3. The van der Waals surface area contributed by atoms with E-state index in [2.05, 4.69) is 9.88 Å². The number of benzene rings is 2. The second-order valence-electron chi connectivity index (χ2n) is 10.8. The molecule has 0 spiro atoms. The van der Waals surface area contributed by atoms with E-state index in [-0.39, 0.29) is 23.4 Å². The molecule has 210 valence electrons. The Hall–Kier alpha value is -3.72. The van der Waals surface area contributed by atoms with Crippen LogP contribution < -0.4 is 0 Å². The van der Waals surface area contributed by atoms with E-state index < -0.39 is 17.6 Å². The van der Waals surface area contributed by atoms with Crippen molar-refractivity contribution in [3.05, 3.63) is 95.2 Å². The molecule has 0 atom stereocenters. The average molecular weight is 553 g/mol. The van der Waals surface area contributed by atoms with Crippen molar-refractivity contribution < 1.29 is 22.4 Å². The summed E-state index contributed by atoms with van der Waals surface area (Å²) < 4.78 is 54.9. The standard InChI is InChI=1S/C31H32F4N4O/c1-20(2)37(3)30(40)26-16-24(32)8-9-28(26)39-19-27(25-10-13-36-17-29(25)39)22-11-14-38(15-12-22)18-21-4-6-23(7-5-21)31(33,34)35/h4-10,13,16-17,19-20,22H,11-12,14-15,18H2,1-3H3. The van der Waals surface area contributed by atoms with Crippen LogP contribution in [-0.2, 0) is 12.7 Å². The lowest BCUT2D eigenvalue weighted by molar-refractivity contribution is -0.137. The summed E-state index contributed by atoms with van der Waals surface area (Å²) in [5.74, 6) is -0.471. The lowest BCUT2D eigenvalue weighted by Gasteiger charge is -2.32. The average Bonchev–Trinajstić information content (AvgIpc) is 3.32. The first kappa shape index (κ1) is 27.8. The summed E-state index contributed by atoms with van der Waals surface area (Å²) in [5, 5.41) is 1.04. The Kier molecular flexibility index (Phi) is 7.68. The number of carbonyl (C=O) groups excluding carboxylic acids is 1. The molecule has 0 unspecified atom stereocenters. The number of alkyl halides is 3. The van der Waals surface area contributed by atoms with Crippen LogP contribution in [0, 0.1) is 5.82 Å². The highest BCUT2D eigenvalue weighted by atomic mass is 19.4. The topological polar surface area (TPSA) is 41.4 Å². The molecule has 2 aromatic carbocycles. The van der Waals surface area contributed by atoms with Gasteiger partial charge in [0.05, 0.1) is 28.5 Å². The van der Waals surface area contributed by atoms with Crippen LogP contribution in [0.4, 0.5) is 17.6 Å². The van der Waals surface area contributed by atoms with E-state index in [0.717, 1.165) is 60.1 Å². The van der Waals surface area contributed by atoms with Crippen molar-refractivity contribution in [2.75, 3.05) is 20.1 Å². The summed E-state index contributed by atoms with van der Waals surface area (Å²) in [6.45, 7) is 6.04. The summed E-state index contributed by atoms with van der Waals surface area (Å²) in [4.78, 5) is 21.5. The van der Waals surface area contributed by atoms with E-state index in [9.17, 15) is 22.4 Å². The zero-order chi connectivity index (χ0) is 28.6. The second kappa shape index (κ2) is 11.0. The van der Waals surface area contributed by atoms with Gasteiger partial charge < -0.3 is 9.47 Å². The van der Waals surface area contributed by atoms with E-state index in [4.69, 9.17) is 0 Å². The summed E-state index contributed by atoms with van der Waals surface area (Å²) in [6.07, 6.45) is 2.99. The first-order chi connectivity index (χ1) is 19.0. The molecule has 1 amide bonds. The number of likely N-dealkylation sites (tertiary alicyclic amines) is 1. The Labute approximate surface area is 231 Å². The molecule has 40 heavy (non-hydrogen) atoms. The highest BCUT2D eigenvalue weighted by Gasteiger charge is 2.30. The van der Waals surface area contributed by atoms with Crippen LogP contribution in [0.1, 0.15) is 59.7 Å². The minimum atomic E-state index is -4.34. The van der Waals surface area contributed by atoms with Crippen molar-refractivity contribution in [2.45, 2.75) is 51.4 Å². The Morgan fingerprint density at radius 3 is 2.42 bits per heavy atom. The first-order valence-electron chi connectivity index (χ1n) is 13.4. The summed E-state index contributed by atoms with van der Waals surface area (Å²) in [5.41, 5.74) is 3.10. The quantitative estimate of drug-likeness (QED) is 0.241. The molecule has 5 nitrogen and oxygen atoms in total. The van der Waals surface area contributed by atoms with Crippen molar-refractivity contribution >= 4 is 16.8 Å². The molecule has 3 heterocycles. The lowest BCUT2D eigenvalue weighted by atomic mass is 9.89. The summed E-state index contributed by atoms with van der Waals surface area (Å²) in [7, 11) is 1.71. The first-order valence-corrected chi connectivity index (χ1v) is 13.4. The van der Waals surface area contributed by atoms with Gasteiger partial charge in [-0.15, -0.1) is 0 Å². The molecule has 5 rings (SSSR count). The van der Waals surface area contributed by atoms with Crippen molar-refractivity contribution in [3.8, 4) is 5.69 Å². The van der Waals surface area contributed by atoms with E-state index >= 15 is 0 Å². The normalized spacial score (nSPS) is 15.2. The molecule has 0 radical (unpaired) electrons. The highest BCUT2D eigenvalue weighted by Crippen LogP contribution is 2.37. The van der Waals surface area contributed by atoms with E-state index in [1.54, 1.807) is 42.5 Å². The SMILES string of the molecule is CC(C)N(C)C(=O)c1cc(F)ccc1-n1cc(C2CCN(Cc3ccc(C(F)(F)F)cc3)CC2)c2ccncc21. The fourth-order valence-corrected chi connectivity index (χ4v) is 5.40. The van der Waals surface area contributed by atoms with Crippen molar-refractivity contribution in [3.63, 3.8) is 0 Å². The smallest absolute Gasteiger partial charge is 0.339 e. The predicted octanol–water partition coefficient (Wildman–Crippen LogP) is 7.04. The van der Waals surface area contributed by atoms with E-state index in [1.807, 2.05) is 30.7 Å². The molecule has 1 aliphatic heterocycles. The van der Waals surface area contributed by atoms with Crippen LogP contribution in [0.2, 0.25) is 0 Å². The molecule has 2 aromatic heterocycles. The Balaban J connectivity index is 1.39. The largest absolute Gasteiger partial charge is 0.416 e. The minimum absolute atomic E-state index is 0.0463. The van der Waals surface area contributed by atoms with Gasteiger partial charge in [0.1, 0.15) is 5.82 Å². The van der Waals surface area contributed by atoms with Gasteiger partial charge in [-0.1, -0.05) is 12.1 Å². The van der Waals surface area contributed by atoms with E-state index in [0.29, 0.717) is 12.2 Å². The van der Waals surface area contributed by atoms with E-state index in [1.165, 1.54) is 12.1 Å². The van der Waals surface area contributed by atoms with Gasteiger partial charge in [0, 0.05) is 37.4 Å². The summed E-state index contributed by atoms with van der Waals surface area (Å²) >= 11 is 0. The molecule has 1 fully saturated rings. The fraction of sp³-hybridized carbons (Fsp3) is 0.355. The molecular formula is C31H32F4N4O. The Bertz CT molecular complexity index is 1500. The third-order valence-electron chi connectivity index (χ3n) is 7.90. The third kappa shape index (κ3) is 5.61. The van der Waals surface area contributed by atoms with Gasteiger partial charge in [-0.05, 0) is 93.2 Å². The number of carbonyl (C=O) groups is 1. The van der Waals surface area contributed by atoms with Crippen LogP contribution >= 0.6 is 0 Å². The molecule has 0 aliphatic carbocycles. The number of piperidine rings is 1. The molecule has 1 saturated heterocycles. The van der Waals surface area contributed by atoms with Crippen LogP contribution in [0.5, 0.6) is 0 Å². The van der Waals surface area contributed by atoms with Gasteiger partial charge in [-0.2, -0.15) is 13.2 Å². The van der Waals surface area contributed by atoms with Gasteiger partial charge >= 0.3 is 6.18 Å². The molecule has 0 N–H and O–H groups in total. The van der Waals surface area contributed by atoms with Gasteiger partial charge in [0.2, 0.25) is 0 Å².